The number of nitrogens with zero attached hydrogens (tertiary/aromatic N) is 1. The standard InChI is InChI=1S/C12H12BNO3/c15-12(11-3-1-2-8-14-11)9-4-6-10(7-5-9)13(16)17/h1-8,12,15-17H. The van der Waals surface area contributed by atoms with Crippen molar-refractivity contribution in [2.75, 3.05) is 0 Å². The fourth-order valence-electron chi connectivity index (χ4n) is 1.56. The Hall–Kier alpha value is -1.69. The minimum Gasteiger partial charge on any atom is -0.423 e. The molecular weight excluding hydrogens is 217 g/mol. The lowest BCUT2D eigenvalue weighted by Crippen LogP contribution is -2.29. The molecule has 0 fully saturated rings. The zero-order chi connectivity index (χ0) is 12.3. The van der Waals surface area contributed by atoms with Gasteiger partial charge < -0.3 is 15.2 Å². The zero-order valence-electron chi connectivity index (χ0n) is 9.06. The summed E-state index contributed by atoms with van der Waals surface area (Å²) in [5.41, 5.74) is 1.61. The lowest BCUT2D eigenvalue weighted by atomic mass is 9.80. The van der Waals surface area contributed by atoms with Gasteiger partial charge in [0.25, 0.3) is 0 Å². The van der Waals surface area contributed by atoms with Gasteiger partial charge in [-0.3, -0.25) is 4.98 Å². The zero-order valence-corrected chi connectivity index (χ0v) is 9.06. The molecule has 0 radical (unpaired) electrons. The van der Waals surface area contributed by atoms with Gasteiger partial charge in [-0.05, 0) is 23.2 Å². The number of pyridine rings is 1. The molecule has 0 saturated carbocycles. The van der Waals surface area contributed by atoms with E-state index in [0.29, 0.717) is 16.7 Å². The summed E-state index contributed by atoms with van der Waals surface area (Å²) in [5, 5.41) is 27.9. The van der Waals surface area contributed by atoms with Gasteiger partial charge in [-0.2, -0.15) is 0 Å². The summed E-state index contributed by atoms with van der Waals surface area (Å²) < 4.78 is 0. The molecule has 5 heteroatoms. The topological polar surface area (TPSA) is 73.6 Å². The molecule has 1 unspecified atom stereocenters. The van der Waals surface area contributed by atoms with Crippen LogP contribution >= 0.6 is 0 Å². The van der Waals surface area contributed by atoms with Crippen LogP contribution in [0, 0.1) is 0 Å². The first-order chi connectivity index (χ1) is 8.18. The van der Waals surface area contributed by atoms with E-state index in [0.717, 1.165) is 0 Å². The van der Waals surface area contributed by atoms with Gasteiger partial charge >= 0.3 is 7.12 Å². The van der Waals surface area contributed by atoms with Crippen LogP contribution in [0.25, 0.3) is 0 Å². The highest BCUT2D eigenvalue weighted by atomic mass is 16.4. The number of rotatable bonds is 3. The van der Waals surface area contributed by atoms with Crippen molar-refractivity contribution in [3.63, 3.8) is 0 Å². The van der Waals surface area contributed by atoms with Gasteiger partial charge in [0.15, 0.2) is 0 Å². The molecule has 1 aromatic heterocycles. The molecular formula is C12H12BNO3. The maximum absolute atomic E-state index is 10.0. The van der Waals surface area contributed by atoms with Gasteiger partial charge in [-0.1, -0.05) is 30.3 Å². The molecule has 17 heavy (non-hydrogen) atoms. The van der Waals surface area contributed by atoms with Crippen molar-refractivity contribution in [1.82, 2.24) is 4.98 Å². The van der Waals surface area contributed by atoms with Crippen molar-refractivity contribution in [3.8, 4) is 0 Å². The first kappa shape index (κ1) is 11.8. The first-order valence-corrected chi connectivity index (χ1v) is 5.23. The van der Waals surface area contributed by atoms with E-state index in [-0.39, 0.29) is 0 Å². The van der Waals surface area contributed by atoms with E-state index in [4.69, 9.17) is 10.0 Å². The van der Waals surface area contributed by atoms with E-state index in [9.17, 15) is 5.11 Å². The van der Waals surface area contributed by atoms with Crippen LogP contribution in [-0.2, 0) is 0 Å². The van der Waals surface area contributed by atoms with E-state index < -0.39 is 13.2 Å². The molecule has 2 aromatic rings. The second kappa shape index (κ2) is 5.10. The Labute approximate surface area is 99.3 Å². The largest absolute Gasteiger partial charge is 0.488 e. The van der Waals surface area contributed by atoms with Crippen molar-refractivity contribution in [3.05, 3.63) is 59.9 Å². The maximum Gasteiger partial charge on any atom is 0.488 e. The minimum atomic E-state index is -1.49. The second-order valence-corrected chi connectivity index (χ2v) is 3.70. The highest BCUT2D eigenvalue weighted by molar-refractivity contribution is 6.58. The Bertz CT molecular complexity index is 473. The summed E-state index contributed by atoms with van der Waals surface area (Å²) >= 11 is 0. The SMILES string of the molecule is OB(O)c1ccc(C(O)c2ccccn2)cc1. The molecule has 0 spiro atoms. The predicted octanol–water partition coefficient (Wildman–Crippen LogP) is -0.157. The van der Waals surface area contributed by atoms with Gasteiger partial charge in [-0.25, -0.2) is 0 Å². The van der Waals surface area contributed by atoms with Gasteiger partial charge in [0.05, 0.1) is 5.69 Å². The molecule has 0 bridgehead atoms. The van der Waals surface area contributed by atoms with Crippen LogP contribution in [0.3, 0.4) is 0 Å². The number of hydrogen-bond donors (Lipinski definition) is 3. The van der Waals surface area contributed by atoms with Crippen molar-refractivity contribution in [2.45, 2.75) is 6.10 Å². The molecule has 4 nitrogen and oxygen atoms in total. The molecule has 0 aliphatic heterocycles. The minimum absolute atomic E-state index is 0.391. The number of aromatic nitrogens is 1. The van der Waals surface area contributed by atoms with Crippen LogP contribution in [-0.4, -0.2) is 27.3 Å². The van der Waals surface area contributed by atoms with Crippen LogP contribution in [0.1, 0.15) is 17.4 Å². The van der Waals surface area contributed by atoms with E-state index in [1.807, 2.05) is 0 Å². The molecule has 0 aliphatic rings. The Kier molecular flexibility index (Phi) is 3.53. The molecule has 1 aromatic carbocycles. The smallest absolute Gasteiger partial charge is 0.423 e. The first-order valence-electron chi connectivity index (χ1n) is 5.23. The maximum atomic E-state index is 10.0. The molecule has 0 aliphatic carbocycles. The third-order valence-electron chi connectivity index (χ3n) is 2.52. The summed E-state index contributed by atoms with van der Waals surface area (Å²) in [6.07, 6.45) is 0.811. The molecule has 0 amide bonds. The molecule has 0 saturated heterocycles. The number of aliphatic hydroxyl groups is 1. The van der Waals surface area contributed by atoms with Crippen LogP contribution in [0.4, 0.5) is 0 Å². The van der Waals surface area contributed by atoms with E-state index >= 15 is 0 Å². The van der Waals surface area contributed by atoms with Gasteiger partial charge in [0.1, 0.15) is 6.10 Å². The van der Waals surface area contributed by atoms with E-state index in [2.05, 4.69) is 4.98 Å². The summed E-state index contributed by atoms with van der Waals surface area (Å²) in [4.78, 5) is 4.06. The van der Waals surface area contributed by atoms with Gasteiger partial charge in [0.2, 0.25) is 0 Å². The monoisotopic (exact) mass is 229 g/mol. The average molecular weight is 229 g/mol. The van der Waals surface area contributed by atoms with Crippen molar-refractivity contribution < 1.29 is 15.2 Å². The highest BCUT2D eigenvalue weighted by Crippen LogP contribution is 2.18. The molecule has 1 atom stereocenters. The van der Waals surface area contributed by atoms with Crippen molar-refractivity contribution >= 4 is 12.6 Å². The lowest BCUT2D eigenvalue weighted by molar-refractivity contribution is 0.215. The van der Waals surface area contributed by atoms with Crippen LogP contribution < -0.4 is 5.46 Å². The Morgan fingerprint density at radius 1 is 1.00 bits per heavy atom. The molecule has 86 valence electrons. The fraction of sp³-hybridized carbons (Fsp3) is 0.0833. The third-order valence-corrected chi connectivity index (χ3v) is 2.52. The van der Waals surface area contributed by atoms with Gasteiger partial charge in [-0.15, -0.1) is 0 Å². The quantitative estimate of drug-likeness (QED) is 0.639. The lowest BCUT2D eigenvalue weighted by Gasteiger charge is -2.10. The predicted molar refractivity (Wildman–Crippen MR) is 64.6 cm³/mol. The van der Waals surface area contributed by atoms with Crippen molar-refractivity contribution in [1.29, 1.82) is 0 Å². The summed E-state index contributed by atoms with van der Waals surface area (Å²) in [6, 6.07) is 11.7. The van der Waals surface area contributed by atoms with Crippen LogP contribution in [0.2, 0.25) is 0 Å². The van der Waals surface area contributed by atoms with E-state index in [1.165, 1.54) is 0 Å². The molecule has 2 rings (SSSR count). The molecule has 1 heterocycles. The normalized spacial score (nSPS) is 12.2. The Balaban J connectivity index is 2.23. The van der Waals surface area contributed by atoms with Crippen molar-refractivity contribution in [2.24, 2.45) is 0 Å². The Morgan fingerprint density at radius 2 is 1.71 bits per heavy atom. The van der Waals surface area contributed by atoms with Gasteiger partial charge in [0, 0.05) is 6.20 Å². The fourth-order valence-corrected chi connectivity index (χ4v) is 1.56. The summed E-state index contributed by atoms with van der Waals surface area (Å²) in [6.45, 7) is 0. The molecule has 3 N–H and O–H groups in total. The van der Waals surface area contributed by atoms with Crippen LogP contribution in [0.5, 0.6) is 0 Å². The highest BCUT2D eigenvalue weighted by Gasteiger charge is 2.14. The number of benzene rings is 1. The van der Waals surface area contributed by atoms with Crippen LogP contribution in [0.15, 0.2) is 48.7 Å². The van der Waals surface area contributed by atoms with E-state index in [1.54, 1.807) is 48.7 Å². The number of aliphatic hydroxyl groups excluding tert-OH is 1. The number of hydrogen-bond acceptors (Lipinski definition) is 4. The third kappa shape index (κ3) is 2.71. The Morgan fingerprint density at radius 3 is 2.24 bits per heavy atom. The average Bonchev–Trinajstić information content (AvgIpc) is 2.39. The second-order valence-electron chi connectivity index (χ2n) is 3.70. The summed E-state index contributed by atoms with van der Waals surface area (Å²) in [7, 11) is -1.49. The summed E-state index contributed by atoms with van der Waals surface area (Å²) in [5.74, 6) is 0.